The van der Waals surface area contributed by atoms with E-state index in [0.717, 1.165) is 29.5 Å². The minimum Gasteiger partial charge on any atom is -0.491 e. The van der Waals surface area contributed by atoms with E-state index >= 15 is 0 Å². The molecule has 4 rings (SSSR count). The topological polar surface area (TPSA) is 47.5 Å². The zero-order valence-electron chi connectivity index (χ0n) is 22.6. The molecule has 1 aromatic heterocycles. The number of unbranched alkanes of at least 4 members (excludes halogenated alkanes) is 8. The van der Waals surface area contributed by atoms with Crippen molar-refractivity contribution in [2.24, 2.45) is 5.92 Å². The molecule has 0 bridgehead atoms. The molecule has 4 heteroatoms. The van der Waals surface area contributed by atoms with Gasteiger partial charge in [0, 0.05) is 18.0 Å². The normalized spacial score (nSPS) is 19.6. The predicted molar refractivity (Wildman–Crippen MR) is 148 cm³/mol. The molecule has 36 heavy (non-hydrogen) atoms. The summed E-state index contributed by atoms with van der Waals surface area (Å²) in [5.41, 5.74) is 2.27. The third-order valence-corrected chi connectivity index (χ3v) is 8.06. The number of epoxide rings is 1. The van der Waals surface area contributed by atoms with Crippen molar-refractivity contribution in [2.45, 2.75) is 128 Å². The van der Waals surface area contributed by atoms with Crippen molar-refractivity contribution in [1.29, 1.82) is 0 Å². The van der Waals surface area contributed by atoms with Gasteiger partial charge in [0.25, 0.3) is 0 Å². The van der Waals surface area contributed by atoms with Gasteiger partial charge < -0.3 is 9.47 Å². The number of benzene rings is 1. The monoisotopic (exact) mass is 492 g/mol. The number of aromatic nitrogens is 2. The molecule has 2 heterocycles. The quantitative estimate of drug-likeness (QED) is 0.154. The molecule has 2 unspecified atom stereocenters. The first-order valence-corrected chi connectivity index (χ1v) is 15.0. The second-order valence-corrected chi connectivity index (χ2v) is 11.1. The van der Waals surface area contributed by atoms with Gasteiger partial charge in [-0.25, -0.2) is 9.97 Å². The highest BCUT2D eigenvalue weighted by molar-refractivity contribution is 5.55. The molecular formula is C32H48N2O2. The van der Waals surface area contributed by atoms with E-state index in [4.69, 9.17) is 9.47 Å². The van der Waals surface area contributed by atoms with Crippen LogP contribution in [-0.2, 0) is 11.2 Å². The molecule has 0 radical (unpaired) electrons. The molecule has 2 atom stereocenters. The number of hydrogen-bond acceptors (Lipinski definition) is 4. The van der Waals surface area contributed by atoms with Gasteiger partial charge in [-0.2, -0.15) is 0 Å². The summed E-state index contributed by atoms with van der Waals surface area (Å²) in [5.74, 6) is 2.72. The Morgan fingerprint density at radius 3 is 2.19 bits per heavy atom. The smallest absolute Gasteiger partial charge is 0.159 e. The lowest BCUT2D eigenvalue weighted by atomic mass is 9.99. The van der Waals surface area contributed by atoms with Gasteiger partial charge >= 0.3 is 0 Å². The van der Waals surface area contributed by atoms with Crippen molar-refractivity contribution in [3.63, 3.8) is 0 Å². The molecule has 2 aromatic rings. The Hall–Kier alpha value is -1.94. The van der Waals surface area contributed by atoms with Gasteiger partial charge in [-0.15, -0.1) is 0 Å². The van der Waals surface area contributed by atoms with E-state index in [1.807, 2.05) is 36.7 Å². The Kier molecular flexibility index (Phi) is 11.6. The van der Waals surface area contributed by atoms with Crippen LogP contribution >= 0.6 is 0 Å². The van der Waals surface area contributed by atoms with Crippen molar-refractivity contribution in [3.05, 3.63) is 42.2 Å². The van der Waals surface area contributed by atoms with Gasteiger partial charge in [-0.05, 0) is 55.0 Å². The van der Waals surface area contributed by atoms with E-state index < -0.39 is 0 Å². The van der Waals surface area contributed by atoms with E-state index in [2.05, 4.69) is 16.9 Å². The van der Waals surface area contributed by atoms with Crippen molar-refractivity contribution >= 4 is 0 Å². The highest BCUT2D eigenvalue weighted by atomic mass is 16.6. The number of rotatable bonds is 18. The van der Waals surface area contributed by atoms with E-state index in [9.17, 15) is 0 Å². The van der Waals surface area contributed by atoms with Gasteiger partial charge in [0.1, 0.15) is 18.5 Å². The van der Waals surface area contributed by atoms with Crippen LogP contribution in [0.5, 0.6) is 5.75 Å². The first-order chi connectivity index (χ1) is 17.8. The van der Waals surface area contributed by atoms with E-state index in [1.54, 1.807) is 0 Å². The lowest BCUT2D eigenvalue weighted by molar-refractivity contribution is 0.259. The van der Waals surface area contributed by atoms with Gasteiger partial charge in [0.15, 0.2) is 5.82 Å². The van der Waals surface area contributed by atoms with Gasteiger partial charge in [0.2, 0.25) is 0 Å². The van der Waals surface area contributed by atoms with Crippen LogP contribution < -0.4 is 4.74 Å². The molecule has 4 nitrogen and oxygen atoms in total. The molecule has 0 spiro atoms. The van der Waals surface area contributed by atoms with Crippen molar-refractivity contribution in [2.75, 3.05) is 6.61 Å². The largest absolute Gasteiger partial charge is 0.491 e. The summed E-state index contributed by atoms with van der Waals surface area (Å²) in [4.78, 5) is 9.24. The molecular weight excluding hydrogens is 444 g/mol. The summed E-state index contributed by atoms with van der Waals surface area (Å²) in [6.45, 7) is 2.89. The maximum absolute atomic E-state index is 5.94. The van der Waals surface area contributed by atoms with Crippen LogP contribution in [0.15, 0.2) is 36.7 Å². The molecule has 0 amide bonds. The minimum atomic E-state index is 0.267. The third-order valence-electron chi connectivity index (χ3n) is 8.06. The Balaban J connectivity index is 1.06. The first kappa shape index (κ1) is 27.1. The lowest BCUT2D eigenvalue weighted by Gasteiger charge is -2.08. The Morgan fingerprint density at radius 1 is 0.778 bits per heavy atom. The summed E-state index contributed by atoms with van der Waals surface area (Å²) < 4.78 is 11.7. The van der Waals surface area contributed by atoms with Crippen LogP contribution in [0.3, 0.4) is 0 Å². The summed E-state index contributed by atoms with van der Waals surface area (Å²) >= 11 is 0. The van der Waals surface area contributed by atoms with Crippen molar-refractivity contribution in [1.82, 2.24) is 9.97 Å². The second kappa shape index (κ2) is 15.3. The number of nitrogens with zero attached hydrogens (tertiary/aromatic N) is 2. The summed E-state index contributed by atoms with van der Waals surface area (Å²) in [5, 5.41) is 0. The van der Waals surface area contributed by atoms with Crippen molar-refractivity contribution in [3.8, 4) is 17.1 Å². The van der Waals surface area contributed by atoms with E-state index in [1.165, 1.54) is 108 Å². The average molecular weight is 493 g/mol. The predicted octanol–water partition coefficient (Wildman–Crippen LogP) is 8.72. The van der Waals surface area contributed by atoms with Crippen LogP contribution in [-0.4, -0.2) is 28.8 Å². The minimum absolute atomic E-state index is 0.267. The molecule has 1 saturated heterocycles. The fraction of sp³-hybridized carbons (Fsp3) is 0.688. The van der Waals surface area contributed by atoms with E-state index in [0.29, 0.717) is 12.7 Å². The third kappa shape index (κ3) is 9.50. The summed E-state index contributed by atoms with van der Waals surface area (Å²) in [6, 6.07) is 8.12. The molecule has 0 N–H and O–H groups in total. The average Bonchev–Trinajstić information content (AvgIpc) is 3.46. The van der Waals surface area contributed by atoms with Gasteiger partial charge in [-0.1, -0.05) is 96.8 Å². The highest BCUT2D eigenvalue weighted by Gasteiger charge is 2.38. The second-order valence-electron chi connectivity index (χ2n) is 11.1. The number of ether oxygens (including phenoxy) is 2. The number of hydrogen-bond donors (Lipinski definition) is 0. The maximum atomic E-state index is 5.94. The van der Waals surface area contributed by atoms with Crippen LogP contribution in [0.1, 0.15) is 115 Å². The first-order valence-electron chi connectivity index (χ1n) is 15.0. The SMILES string of the molecule is CCCCCCC1OC1COc1ccc(-c2ncc(CCCCCCCCC3CCCC3)cn2)cc1. The lowest BCUT2D eigenvalue weighted by Crippen LogP contribution is -2.07. The van der Waals surface area contributed by atoms with Crippen molar-refractivity contribution < 1.29 is 9.47 Å². The van der Waals surface area contributed by atoms with E-state index in [-0.39, 0.29) is 6.10 Å². The van der Waals surface area contributed by atoms with Crippen LogP contribution in [0.25, 0.3) is 11.4 Å². The molecule has 198 valence electrons. The van der Waals surface area contributed by atoms with Gasteiger partial charge in [-0.3, -0.25) is 0 Å². The van der Waals surface area contributed by atoms with Crippen LogP contribution in [0, 0.1) is 5.92 Å². The standard InChI is InChI=1S/C32H48N2O2/c1-2-3-4-11-18-30-31(36-30)25-35-29-21-19-28(20-22-29)32-33-23-27(24-34-32)17-10-8-6-5-7-9-14-26-15-12-13-16-26/h19-24,26,30-31H,2-18,25H2,1H3. The molecule has 1 saturated carbocycles. The zero-order chi connectivity index (χ0) is 24.8. The molecule has 2 fully saturated rings. The summed E-state index contributed by atoms with van der Waals surface area (Å²) in [6.07, 6.45) is 27.7. The molecule has 1 aliphatic carbocycles. The fourth-order valence-corrected chi connectivity index (χ4v) is 5.63. The fourth-order valence-electron chi connectivity index (χ4n) is 5.63. The Bertz CT molecular complexity index is 845. The Morgan fingerprint density at radius 2 is 1.44 bits per heavy atom. The zero-order valence-corrected chi connectivity index (χ0v) is 22.6. The molecule has 1 aliphatic heterocycles. The van der Waals surface area contributed by atoms with Crippen LogP contribution in [0.4, 0.5) is 0 Å². The van der Waals surface area contributed by atoms with Crippen LogP contribution in [0.2, 0.25) is 0 Å². The summed E-state index contributed by atoms with van der Waals surface area (Å²) in [7, 11) is 0. The Labute approximate surface area is 219 Å². The molecule has 2 aliphatic rings. The highest BCUT2D eigenvalue weighted by Crippen LogP contribution is 2.30. The maximum Gasteiger partial charge on any atom is 0.159 e. The number of aryl methyl sites for hydroxylation is 1. The van der Waals surface area contributed by atoms with Gasteiger partial charge in [0.05, 0.1) is 6.10 Å². The molecule has 1 aromatic carbocycles.